The molecule has 1 amide bonds. The second-order valence-electron chi connectivity index (χ2n) is 5.41. The Morgan fingerprint density at radius 2 is 1.79 bits per heavy atom. The minimum absolute atomic E-state index is 0.0198. The maximum absolute atomic E-state index is 12.1. The first kappa shape index (κ1) is 15.9. The number of nitrogens with zero attached hydrogens (tertiary/aromatic N) is 2. The van der Waals surface area contributed by atoms with Gasteiger partial charge in [0.05, 0.1) is 19.7 Å². The predicted molar refractivity (Wildman–Crippen MR) is 72.5 cm³/mol. The first-order valence-corrected chi connectivity index (χ1v) is 6.77. The number of ether oxygens (including phenoxy) is 1. The van der Waals surface area contributed by atoms with E-state index in [1.54, 1.807) is 4.90 Å². The molecule has 0 aliphatic carbocycles. The van der Waals surface area contributed by atoms with Gasteiger partial charge >= 0.3 is 5.97 Å². The van der Waals surface area contributed by atoms with Gasteiger partial charge in [-0.3, -0.25) is 14.5 Å². The molecule has 1 atom stereocenters. The van der Waals surface area contributed by atoms with Crippen LogP contribution in [0.1, 0.15) is 20.3 Å². The lowest BCUT2D eigenvalue weighted by molar-refractivity contribution is -0.143. The van der Waals surface area contributed by atoms with Crippen molar-refractivity contribution in [2.75, 3.05) is 39.8 Å². The number of nitrogens with two attached hydrogens (primary N) is 1. The van der Waals surface area contributed by atoms with Crippen molar-refractivity contribution in [1.29, 1.82) is 0 Å². The Bertz CT molecular complexity index is 312. The summed E-state index contributed by atoms with van der Waals surface area (Å²) in [5.74, 6) is 0.197. The summed E-state index contributed by atoms with van der Waals surface area (Å²) in [6, 6.07) is -0.410. The molecular formula is C13H25N3O3. The highest BCUT2D eigenvalue weighted by Crippen LogP contribution is 2.08. The van der Waals surface area contributed by atoms with Crippen LogP contribution < -0.4 is 5.73 Å². The third-order valence-corrected chi connectivity index (χ3v) is 3.31. The SMILES string of the molecule is COC(=O)CN1CCN(C(=O)C(N)CC(C)C)CC1. The first-order valence-electron chi connectivity index (χ1n) is 6.77. The molecule has 1 fully saturated rings. The Hall–Kier alpha value is -1.14. The molecule has 1 saturated heterocycles. The normalized spacial score (nSPS) is 18.5. The molecule has 0 aromatic heterocycles. The quantitative estimate of drug-likeness (QED) is 0.693. The first-order chi connectivity index (χ1) is 8.93. The maximum Gasteiger partial charge on any atom is 0.319 e. The molecule has 0 spiro atoms. The number of hydrogen-bond donors (Lipinski definition) is 1. The van der Waals surface area contributed by atoms with Crippen molar-refractivity contribution in [1.82, 2.24) is 9.80 Å². The fourth-order valence-corrected chi connectivity index (χ4v) is 2.22. The van der Waals surface area contributed by atoms with E-state index in [9.17, 15) is 9.59 Å². The smallest absolute Gasteiger partial charge is 0.319 e. The Kier molecular flexibility index (Phi) is 6.24. The highest BCUT2D eigenvalue weighted by molar-refractivity contribution is 5.81. The second-order valence-corrected chi connectivity index (χ2v) is 5.41. The number of piperazine rings is 1. The van der Waals surface area contributed by atoms with Crippen LogP contribution in [0.25, 0.3) is 0 Å². The lowest BCUT2D eigenvalue weighted by atomic mass is 10.0. The number of hydrogen-bond acceptors (Lipinski definition) is 5. The molecule has 0 aromatic rings. The summed E-state index contributed by atoms with van der Waals surface area (Å²) < 4.78 is 4.63. The lowest BCUT2D eigenvalue weighted by Crippen LogP contribution is -2.54. The van der Waals surface area contributed by atoms with E-state index in [-0.39, 0.29) is 18.4 Å². The molecule has 2 N–H and O–H groups in total. The van der Waals surface area contributed by atoms with Gasteiger partial charge in [-0.15, -0.1) is 0 Å². The summed E-state index contributed by atoms with van der Waals surface area (Å²) in [7, 11) is 1.38. The van der Waals surface area contributed by atoms with E-state index in [0.717, 1.165) is 0 Å². The summed E-state index contributed by atoms with van der Waals surface area (Å²) in [6.45, 7) is 7.03. The molecule has 1 aliphatic rings. The van der Waals surface area contributed by atoms with Crippen LogP contribution in [0.5, 0.6) is 0 Å². The molecule has 1 heterocycles. The van der Waals surface area contributed by atoms with Crippen LogP contribution in [0.4, 0.5) is 0 Å². The molecule has 0 aromatic carbocycles. The number of rotatable bonds is 5. The molecule has 1 unspecified atom stereocenters. The molecule has 1 aliphatic heterocycles. The van der Waals surface area contributed by atoms with Gasteiger partial charge < -0.3 is 15.4 Å². The van der Waals surface area contributed by atoms with Crippen LogP contribution in [0, 0.1) is 5.92 Å². The zero-order valence-electron chi connectivity index (χ0n) is 12.1. The lowest BCUT2D eigenvalue weighted by Gasteiger charge is -2.35. The van der Waals surface area contributed by atoms with E-state index in [1.807, 2.05) is 4.90 Å². The van der Waals surface area contributed by atoms with Crippen LogP contribution in [0.15, 0.2) is 0 Å². The Morgan fingerprint density at radius 3 is 2.26 bits per heavy atom. The fraction of sp³-hybridized carbons (Fsp3) is 0.846. The van der Waals surface area contributed by atoms with Gasteiger partial charge in [-0.25, -0.2) is 0 Å². The van der Waals surface area contributed by atoms with Gasteiger partial charge in [-0.05, 0) is 12.3 Å². The molecule has 0 radical (unpaired) electrons. The second kappa shape index (κ2) is 7.45. The van der Waals surface area contributed by atoms with Gasteiger partial charge in [0.2, 0.25) is 5.91 Å². The summed E-state index contributed by atoms with van der Waals surface area (Å²) in [5, 5.41) is 0. The number of methoxy groups -OCH3 is 1. The highest BCUT2D eigenvalue weighted by atomic mass is 16.5. The highest BCUT2D eigenvalue weighted by Gasteiger charge is 2.26. The zero-order valence-corrected chi connectivity index (χ0v) is 12.1. The number of amides is 1. The molecule has 0 bridgehead atoms. The molecule has 6 nitrogen and oxygen atoms in total. The van der Waals surface area contributed by atoms with Crippen molar-refractivity contribution < 1.29 is 14.3 Å². The van der Waals surface area contributed by atoms with Crippen molar-refractivity contribution in [2.45, 2.75) is 26.3 Å². The minimum Gasteiger partial charge on any atom is -0.468 e. The van der Waals surface area contributed by atoms with E-state index in [0.29, 0.717) is 38.5 Å². The Labute approximate surface area is 114 Å². The van der Waals surface area contributed by atoms with Crippen molar-refractivity contribution in [3.8, 4) is 0 Å². The van der Waals surface area contributed by atoms with Crippen LogP contribution in [-0.4, -0.2) is 67.6 Å². The number of carbonyl (C=O) groups is 2. The van der Waals surface area contributed by atoms with Crippen molar-refractivity contribution in [2.24, 2.45) is 11.7 Å². The van der Waals surface area contributed by atoms with Crippen LogP contribution in [0.2, 0.25) is 0 Å². The van der Waals surface area contributed by atoms with Gasteiger partial charge in [0.1, 0.15) is 0 Å². The van der Waals surface area contributed by atoms with E-state index in [4.69, 9.17) is 5.73 Å². The third-order valence-electron chi connectivity index (χ3n) is 3.31. The van der Waals surface area contributed by atoms with E-state index in [2.05, 4.69) is 18.6 Å². The predicted octanol–water partition coefficient (Wildman–Crippen LogP) is -0.323. The van der Waals surface area contributed by atoms with Gasteiger partial charge in [0.25, 0.3) is 0 Å². The van der Waals surface area contributed by atoms with Crippen molar-refractivity contribution in [3.05, 3.63) is 0 Å². The molecule has 19 heavy (non-hydrogen) atoms. The van der Waals surface area contributed by atoms with Crippen LogP contribution in [-0.2, 0) is 14.3 Å². The van der Waals surface area contributed by atoms with E-state index in [1.165, 1.54) is 7.11 Å². The Balaban J connectivity index is 2.36. The zero-order chi connectivity index (χ0) is 14.4. The molecule has 1 rings (SSSR count). The molecule has 110 valence electrons. The van der Waals surface area contributed by atoms with E-state index < -0.39 is 6.04 Å². The average Bonchev–Trinajstić information content (AvgIpc) is 2.37. The van der Waals surface area contributed by atoms with Crippen molar-refractivity contribution >= 4 is 11.9 Å². The summed E-state index contributed by atoms with van der Waals surface area (Å²) >= 11 is 0. The molecular weight excluding hydrogens is 246 g/mol. The molecule has 6 heteroatoms. The standard InChI is InChI=1S/C13H25N3O3/c1-10(2)8-11(14)13(18)16-6-4-15(5-7-16)9-12(17)19-3/h10-11H,4-9,14H2,1-3H3. The third kappa shape index (κ3) is 5.16. The summed E-state index contributed by atoms with van der Waals surface area (Å²) in [6.07, 6.45) is 0.710. The van der Waals surface area contributed by atoms with Crippen LogP contribution >= 0.6 is 0 Å². The summed E-state index contributed by atoms with van der Waals surface area (Å²) in [5.41, 5.74) is 5.91. The summed E-state index contributed by atoms with van der Waals surface area (Å²) in [4.78, 5) is 27.1. The largest absolute Gasteiger partial charge is 0.468 e. The molecule has 0 saturated carbocycles. The topological polar surface area (TPSA) is 75.9 Å². The van der Waals surface area contributed by atoms with E-state index >= 15 is 0 Å². The Morgan fingerprint density at radius 1 is 1.21 bits per heavy atom. The maximum atomic E-state index is 12.1. The fourth-order valence-electron chi connectivity index (χ4n) is 2.22. The van der Waals surface area contributed by atoms with Gasteiger partial charge in [0, 0.05) is 26.2 Å². The van der Waals surface area contributed by atoms with Crippen molar-refractivity contribution in [3.63, 3.8) is 0 Å². The van der Waals surface area contributed by atoms with Crippen LogP contribution in [0.3, 0.4) is 0 Å². The number of carbonyl (C=O) groups excluding carboxylic acids is 2. The number of esters is 1. The average molecular weight is 271 g/mol. The van der Waals surface area contributed by atoms with Gasteiger partial charge in [-0.1, -0.05) is 13.8 Å². The minimum atomic E-state index is -0.410. The monoisotopic (exact) mass is 271 g/mol. The van der Waals surface area contributed by atoms with Gasteiger partial charge in [-0.2, -0.15) is 0 Å². The van der Waals surface area contributed by atoms with Gasteiger partial charge in [0.15, 0.2) is 0 Å².